The van der Waals surface area contributed by atoms with Crippen molar-refractivity contribution in [2.24, 2.45) is 4.99 Å². The van der Waals surface area contributed by atoms with E-state index in [0.29, 0.717) is 13.1 Å². The number of carbonyl (C=O) groups excluding carboxylic acids is 3. The Morgan fingerprint density at radius 2 is 2.00 bits per heavy atom. The average molecular weight is 255 g/mol. The number of hydrogen-bond donors (Lipinski definition) is 1. The fourth-order valence-electron chi connectivity index (χ4n) is 0.925. The third kappa shape index (κ3) is 7.15. The number of nitrogens with one attached hydrogen (secondary N) is 1. The molecular weight excluding hydrogens is 238 g/mol. The van der Waals surface area contributed by atoms with Crippen LogP contribution in [0, 0.1) is 0 Å². The van der Waals surface area contributed by atoms with Crippen molar-refractivity contribution in [2.45, 2.75) is 13.8 Å². The highest BCUT2D eigenvalue weighted by molar-refractivity contribution is 5.97. The van der Waals surface area contributed by atoms with Gasteiger partial charge in [0.1, 0.15) is 0 Å². The maximum atomic E-state index is 11.5. The van der Waals surface area contributed by atoms with Gasteiger partial charge in [0, 0.05) is 40.1 Å². The summed E-state index contributed by atoms with van der Waals surface area (Å²) in [4.78, 5) is 37.8. The Morgan fingerprint density at radius 1 is 1.39 bits per heavy atom. The van der Waals surface area contributed by atoms with Gasteiger partial charge in [0.25, 0.3) is 0 Å². The van der Waals surface area contributed by atoms with Crippen molar-refractivity contribution in [3.05, 3.63) is 12.7 Å². The standard InChI is InChI=1S/C11H17N3O4/c1-5-10(16)18-9(3)13-11(17)14(4)7-6-12-8(2)15/h5H,1,6-7H2,2-4H3,(H,12,15). The molecule has 0 radical (unpaired) electrons. The molecule has 0 bridgehead atoms. The molecule has 0 rings (SSSR count). The van der Waals surface area contributed by atoms with E-state index in [1.807, 2.05) is 0 Å². The van der Waals surface area contributed by atoms with Crippen LogP contribution in [0.2, 0.25) is 0 Å². The molecule has 0 aliphatic heterocycles. The molecule has 0 spiro atoms. The lowest BCUT2D eigenvalue weighted by Crippen LogP contribution is -2.34. The van der Waals surface area contributed by atoms with Gasteiger partial charge < -0.3 is 15.0 Å². The lowest BCUT2D eigenvalue weighted by Gasteiger charge is -2.14. The van der Waals surface area contributed by atoms with E-state index >= 15 is 0 Å². The van der Waals surface area contributed by atoms with Crippen LogP contribution in [0.15, 0.2) is 17.6 Å². The molecule has 0 aromatic heterocycles. The molecule has 0 saturated heterocycles. The smallest absolute Gasteiger partial charge is 0.346 e. The highest BCUT2D eigenvalue weighted by Crippen LogP contribution is 1.92. The Balaban J connectivity index is 4.20. The third-order valence-electron chi connectivity index (χ3n) is 1.82. The SMILES string of the molecule is C=CC(=O)OC(C)=NC(=O)N(C)CCNC(C)=O. The summed E-state index contributed by atoms with van der Waals surface area (Å²) in [5.41, 5.74) is 0. The molecule has 0 unspecified atom stereocenters. The zero-order valence-electron chi connectivity index (χ0n) is 10.7. The fraction of sp³-hybridized carbons (Fsp3) is 0.455. The molecule has 7 heteroatoms. The maximum absolute atomic E-state index is 11.5. The third-order valence-corrected chi connectivity index (χ3v) is 1.82. The van der Waals surface area contributed by atoms with Crippen LogP contribution < -0.4 is 5.32 Å². The summed E-state index contributed by atoms with van der Waals surface area (Å²) >= 11 is 0. The summed E-state index contributed by atoms with van der Waals surface area (Å²) in [5.74, 6) is -0.906. The number of urea groups is 1. The second kappa shape index (κ2) is 7.99. The number of carbonyl (C=O) groups is 3. The zero-order chi connectivity index (χ0) is 14.1. The molecule has 0 aromatic carbocycles. The molecule has 0 heterocycles. The zero-order valence-corrected chi connectivity index (χ0v) is 10.7. The predicted molar refractivity (Wildman–Crippen MR) is 66.1 cm³/mol. The summed E-state index contributed by atoms with van der Waals surface area (Å²) in [5, 5.41) is 2.55. The quantitative estimate of drug-likeness (QED) is 0.339. The van der Waals surface area contributed by atoms with Gasteiger partial charge in [0.15, 0.2) is 5.90 Å². The van der Waals surface area contributed by atoms with Gasteiger partial charge in [-0.15, -0.1) is 0 Å². The Hall–Kier alpha value is -2.18. The molecule has 0 fully saturated rings. The molecule has 0 aliphatic carbocycles. The van der Waals surface area contributed by atoms with E-state index in [9.17, 15) is 14.4 Å². The van der Waals surface area contributed by atoms with Gasteiger partial charge in [-0.3, -0.25) is 4.79 Å². The van der Waals surface area contributed by atoms with E-state index in [-0.39, 0.29) is 11.8 Å². The number of esters is 1. The number of aliphatic imine (C=N–C) groups is 1. The van der Waals surface area contributed by atoms with Crippen LogP contribution in [0.5, 0.6) is 0 Å². The largest absolute Gasteiger partial charge is 0.409 e. The molecule has 0 aromatic rings. The number of ether oxygens (including phenoxy) is 1. The molecule has 100 valence electrons. The second-order valence-electron chi connectivity index (χ2n) is 3.44. The van der Waals surface area contributed by atoms with Crippen molar-refractivity contribution in [3.8, 4) is 0 Å². The van der Waals surface area contributed by atoms with Crippen molar-refractivity contribution in [2.75, 3.05) is 20.1 Å². The summed E-state index contributed by atoms with van der Waals surface area (Å²) in [6, 6.07) is -0.560. The molecule has 0 saturated carbocycles. The maximum Gasteiger partial charge on any atom is 0.346 e. The first-order valence-electron chi connectivity index (χ1n) is 5.26. The molecule has 7 nitrogen and oxygen atoms in total. The molecule has 1 N–H and O–H groups in total. The lowest BCUT2D eigenvalue weighted by molar-refractivity contribution is -0.130. The topological polar surface area (TPSA) is 88.1 Å². The Kier molecular flexibility index (Phi) is 7.02. The number of rotatable bonds is 4. The van der Waals surface area contributed by atoms with E-state index < -0.39 is 12.0 Å². The number of hydrogen-bond acceptors (Lipinski definition) is 4. The van der Waals surface area contributed by atoms with E-state index in [2.05, 4.69) is 21.6 Å². The summed E-state index contributed by atoms with van der Waals surface area (Å²) < 4.78 is 4.64. The van der Waals surface area contributed by atoms with Crippen LogP contribution in [0.3, 0.4) is 0 Å². The first kappa shape index (κ1) is 15.8. The summed E-state index contributed by atoms with van der Waals surface area (Å²) in [7, 11) is 1.52. The van der Waals surface area contributed by atoms with Crippen LogP contribution in [0.1, 0.15) is 13.8 Å². The lowest BCUT2D eigenvalue weighted by atomic mass is 10.5. The molecule has 3 amide bonds. The van der Waals surface area contributed by atoms with E-state index in [0.717, 1.165) is 6.08 Å². The van der Waals surface area contributed by atoms with Gasteiger partial charge in [0.2, 0.25) is 5.91 Å². The molecule has 0 atom stereocenters. The van der Waals surface area contributed by atoms with E-state index in [1.165, 1.54) is 25.8 Å². The van der Waals surface area contributed by atoms with Gasteiger partial charge in [-0.25, -0.2) is 9.59 Å². The van der Waals surface area contributed by atoms with Crippen LogP contribution in [-0.4, -0.2) is 48.8 Å². The van der Waals surface area contributed by atoms with E-state index in [4.69, 9.17) is 0 Å². The molecule has 0 aliphatic rings. The van der Waals surface area contributed by atoms with Crippen molar-refractivity contribution < 1.29 is 19.1 Å². The monoisotopic (exact) mass is 255 g/mol. The minimum atomic E-state index is -0.676. The van der Waals surface area contributed by atoms with Gasteiger partial charge in [-0.2, -0.15) is 4.99 Å². The van der Waals surface area contributed by atoms with Crippen LogP contribution in [0.4, 0.5) is 4.79 Å². The Morgan fingerprint density at radius 3 is 2.50 bits per heavy atom. The van der Waals surface area contributed by atoms with Crippen LogP contribution in [-0.2, 0) is 14.3 Å². The molecular formula is C11H17N3O4. The predicted octanol–water partition coefficient (Wildman–Crippen LogP) is 0.322. The van der Waals surface area contributed by atoms with Crippen LogP contribution >= 0.6 is 0 Å². The highest BCUT2D eigenvalue weighted by atomic mass is 16.5. The van der Waals surface area contributed by atoms with Crippen molar-refractivity contribution in [3.63, 3.8) is 0 Å². The van der Waals surface area contributed by atoms with Crippen molar-refractivity contribution >= 4 is 23.8 Å². The molecule has 18 heavy (non-hydrogen) atoms. The second-order valence-corrected chi connectivity index (χ2v) is 3.44. The first-order valence-corrected chi connectivity index (χ1v) is 5.26. The Bertz CT molecular complexity index is 376. The van der Waals surface area contributed by atoms with Gasteiger partial charge >= 0.3 is 12.0 Å². The Labute approximate surface area is 106 Å². The summed E-state index contributed by atoms with van der Waals surface area (Å²) in [6.45, 7) is 6.64. The normalized spacial score (nSPS) is 10.5. The fourth-order valence-corrected chi connectivity index (χ4v) is 0.925. The first-order chi connectivity index (χ1) is 8.36. The van der Waals surface area contributed by atoms with E-state index in [1.54, 1.807) is 0 Å². The number of amides is 3. The highest BCUT2D eigenvalue weighted by Gasteiger charge is 2.09. The summed E-state index contributed by atoms with van der Waals surface area (Å²) in [6.07, 6.45) is 0.976. The van der Waals surface area contributed by atoms with Gasteiger partial charge in [-0.05, 0) is 0 Å². The average Bonchev–Trinajstić information content (AvgIpc) is 2.27. The van der Waals surface area contributed by atoms with Crippen molar-refractivity contribution in [1.29, 1.82) is 0 Å². The van der Waals surface area contributed by atoms with Crippen LogP contribution in [0.25, 0.3) is 0 Å². The van der Waals surface area contributed by atoms with Gasteiger partial charge in [0.05, 0.1) is 0 Å². The minimum Gasteiger partial charge on any atom is -0.409 e. The van der Waals surface area contributed by atoms with Crippen molar-refractivity contribution in [1.82, 2.24) is 10.2 Å². The van der Waals surface area contributed by atoms with Gasteiger partial charge in [-0.1, -0.05) is 6.58 Å². The minimum absolute atomic E-state index is 0.0590. The number of likely N-dealkylation sites (N-methyl/N-ethyl adjacent to an activating group) is 1. The number of nitrogens with zero attached hydrogens (tertiary/aromatic N) is 2.